The van der Waals surface area contributed by atoms with Crippen molar-refractivity contribution in [3.8, 4) is 0 Å². The lowest BCUT2D eigenvalue weighted by atomic mass is 9.92. The summed E-state index contributed by atoms with van der Waals surface area (Å²) in [6.07, 6.45) is -10.2. The van der Waals surface area contributed by atoms with Crippen LogP contribution < -0.4 is 0 Å². The molecular weight excluding hydrogens is 249 g/mol. The van der Waals surface area contributed by atoms with E-state index in [4.69, 9.17) is 0 Å². The van der Waals surface area contributed by atoms with Crippen molar-refractivity contribution in [2.45, 2.75) is 31.4 Å². The first kappa shape index (κ1) is 14.9. The second-order valence-corrected chi connectivity index (χ2v) is 4.17. The van der Waals surface area contributed by atoms with Gasteiger partial charge in [-0.05, 0) is 5.56 Å². The summed E-state index contributed by atoms with van der Waals surface area (Å²) in [5.41, 5.74) is 0.249. The Bertz CT molecular complexity index is 367. The van der Waals surface area contributed by atoms with Gasteiger partial charge in [0.05, 0.1) is 12.0 Å². The van der Waals surface area contributed by atoms with Crippen LogP contribution in [-0.2, 0) is 0 Å². The minimum absolute atomic E-state index is 0.249. The summed E-state index contributed by atoms with van der Waals surface area (Å²) in [6, 6.07) is 7.73. The van der Waals surface area contributed by atoms with Crippen LogP contribution >= 0.6 is 0 Å². The molecule has 102 valence electrons. The van der Waals surface area contributed by atoms with E-state index in [1.807, 2.05) is 0 Å². The van der Waals surface area contributed by atoms with E-state index in [1.165, 1.54) is 12.1 Å². The van der Waals surface area contributed by atoms with E-state index >= 15 is 0 Å². The van der Waals surface area contributed by atoms with Crippen molar-refractivity contribution in [2.75, 3.05) is 0 Å². The van der Waals surface area contributed by atoms with E-state index in [0.717, 1.165) is 6.92 Å². The molecule has 0 bridgehead atoms. The SMILES string of the molecule is C[C@@H]([C@@H](O)[C@H](O)[C@H](O)c1ccccc1)C(F)(F)F. The van der Waals surface area contributed by atoms with Crippen LogP contribution in [0, 0.1) is 5.92 Å². The Kier molecular flexibility index (Phi) is 4.72. The Balaban J connectivity index is 2.78. The van der Waals surface area contributed by atoms with Gasteiger partial charge in [0.1, 0.15) is 12.2 Å². The number of aliphatic hydroxyl groups excluding tert-OH is 3. The summed E-state index contributed by atoms with van der Waals surface area (Å²) in [5.74, 6) is -2.12. The molecule has 1 aromatic rings. The van der Waals surface area contributed by atoms with Crippen LogP contribution in [0.1, 0.15) is 18.6 Å². The molecule has 0 saturated carbocycles. The Morgan fingerprint density at radius 3 is 1.89 bits per heavy atom. The first-order chi connectivity index (χ1) is 8.25. The van der Waals surface area contributed by atoms with Crippen molar-refractivity contribution in [3.05, 3.63) is 35.9 Å². The lowest BCUT2D eigenvalue weighted by molar-refractivity contribution is -0.214. The van der Waals surface area contributed by atoms with Crippen LogP contribution in [-0.4, -0.2) is 33.7 Å². The Morgan fingerprint density at radius 1 is 0.944 bits per heavy atom. The zero-order valence-corrected chi connectivity index (χ0v) is 9.67. The van der Waals surface area contributed by atoms with Crippen molar-refractivity contribution in [3.63, 3.8) is 0 Å². The first-order valence-corrected chi connectivity index (χ1v) is 5.41. The van der Waals surface area contributed by atoms with Crippen LogP contribution in [0.15, 0.2) is 30.3 Å². The predicted molar refractivity (Wildman–Crippen MR) is 58.6 cm³/mol. The smallest absolute Gasteiger partial charge is 0.390 e. The number of rotatable bonds is 4. The van der Waals surface area contributed by atoms with E-state index in [-0.39, 0.29) is 5.56 Å². The topological polar surface area (TPSA) is 60.7 Å². The third-order valence-corrected chi connectivity index (χ3v) is 2.84. The molecule has 6 heteroatoms. The van der Waals surface area contributed by atoms with Crippen LogP contribution in [0.3, 0.4) is 0 Å². The molecule has 0 heterocycles. The highest BCUT2D eigenvalue weighted by Gasteiger charge is 2.44. The number of hydrogen-bond donors (Lipinski definition) is 3. The van der Waals surface area contributed by atoms with Crippen LogP contribution in [0.5, 0.6) is 0 Å². The van der Waals surface area contributed by atoms with Gasteiger partial charge in [-0.3, -0.25) is 0 Å². The Hall–Kier alpha value is -1.11. The maximum atomic E-state index is 12.4. The van der Waals surface area contributed by atoms with Crippen molar-refractivity contribution in [1.29, 1.82) is 0 Å². The van der Waals surface area contributed by atoms with Crippen LogP contribution in [0.25, 0.3) is 0 Å². The highest BCUT2D eigenvalue weighted by atomic mass is 19.4. The average molecular weight is 264 g/mol. The van der Waals surface area contributed by atoms with Gasteiger partial charge in [0.2, 0.25) is 0 Å². The molecule has 0 aliphatic carbocycles. The van der Waals surface area contributed by atoms with E-state index in [0.29, 0.717) is 0 Å². The van der Waals surface area contributed by atoms with Gasteiger partial charge >= 0.3 is 6.18 Å². The van der Waals surface area contributed by atoms with Gasteiger partial charge in [-0.15, -0.1) is 0 Å². The fourth-order valence-electron chi connectivity index (χ4n) is 1.52. The van der Waals surface area contributed by atoms with Crippen LogP contribution in [0.4, 0.5) is 13.2 Å². The molecule has 1 rings (SSSR count). The average Bonchev–Trinajstić information content (AvgIpc) is 2.35. The third-order valence-electron chi connectivity index (χ3n) is 2.84. The van der Waals surface area contributed by atoms with Gasteiger partial charge in [-0.1, -0.05) is 37.3 Å². The van der Waals surface area contributed by atoms with Crippen molar-refractivity contribution < 1.29 is 28.5 Å². The van der Waals surface area contributed by atoms with Crippen LogP contribution in [0.2, 0.25) is 0 Å². The van der Waals surface area contributed by atoms with Gasteiger partial charge in [0.15, 0.2) is 0 Å². The zero-order valence-electron chi connectivity index (χ0n) is 9.67. The number of hydrogen-bond acceptors (Lipinski definition) is 3. The standard InChI is InChI=1S/C12H15F3O3/c1-7(12(13,14)15)9(16)11(18)10(17)8-5-3-2-4-6-8/h2-7,9-11,16-18H,1H3/t7-,9+,10+,11-/m0/s1. The molecular formula is C12H15F3O3. The minimum Gasteiger partial charge on any atom is -0.390 e. The summed E-state index contributed by atoms with van der Waals surface area (Å²) < 4.78 is 37.1. The summed E-state index contributed by atoms with van der Waals surface area (Å²) in [4.78, 5) is 0. The van der Waals surface area contributed by atoms with Gasteiger partial charge in [-0.25, -0.2) is 0 Å². The molecule has 3 nitrogen and oxygen atoms in total. The molecule has 0 radical (unpaired) electrons. The molecule has 0 fully saturated rings. The predicted octanol–water partition coefficient (Wildman–Crippen LogP) is 1.64. The maximum Gasteiger partial charge on any atom is 0.394 e. The lowest BCUT2D eigenvalue weighted by Gasteiger charge is -2.28. The van der Waals surface area contributed by atoms with Crippen molar-refractivity contribution in [2.24, 2.45) is 5.92 Å². The summed E-state index contributed by atoms with van der Waals surface area (Å²) in [7, 11) is 0. The highest BCUT2D eigenvalue weighted by Crippen LogP contribution is 2.32. The second kappa shape index (κ2) is 5.69. The molecule has 18 heavy (non-hydrogen) atoms. The zero-order chi connectivity index (χ0) is 13.9. The summed E-state index contributed by atoms with van der Waals surface area (Å²) in [6.45, 7) is 0.756. The summed E-state index contributed by atoms with van der Waals surface area (Å²) in [5, 5.41) is 28.7. The number of aliphatic hydroxyl groups is 3. The molecule has 0 unspecified atom stereocenters. The van der Waals surface area contributed by atoms with Gasteiger partial charge in [0, 0.05) is 0 Å². The third kappa shape index (κ3) is 3.44. The molecule has 0 amide bonds. The van der Waals surface area contributed by atoms with E-state index < -0.39 is 30.4 Å². The van der Waals surface area contributed by atoms with Gasteiger partial charge in [0.25, 0.3) is 0 Å². The summed E-state index contributed by atoms with van der Waals surface area (Å²) >= 11 is 0. The minimum atomic E-state index is -4.63. The number of halogens is 3. The molecule has 0 aromatic heterocycles. The number of alkyl halides is 3. The van der Waals surface area contributed by atoms with Crippen molar-refractivity contribution in [1.82, 2.24) is 0 Å². The highest BCUT2D eigenvalue weighted by molar-refractivity contribution is 5.18. The lowest BCUT2D eigenvalue weighted by Crippen LogP contribution is -2.42. The fourth-order valence-corrected chi connectivity index (χ4v) is 1.52. The quantitative estimate of drug-likeness (QED) is 0.774. The monoisotopic (exact) mass is 264 g/mol. The van der Waals surface area contributed by atoms with Gasteiger partial charge in [-0.2, -0.15) is 13.2 Å². The van der Waals surface area contributed by atoms with E-state index in [1.54, 1.807) is 18.2 Å². The Morgan fingerprint density at radius 2 is 1.44 bits per heavy atom. The Labute approximate surface area is 103 Å². The molecule has 1 aromatic carbocycles. The maximum absolute atomic E-state index is 12.4. The molecule has 4 atom stereocenters. The number of benzene rings is 1. The molecule has 0 aliphatic rings. The molecule has 3 N–H and O–H groups in total. The molecule has 0 saturated heterocycles. The largest absolute Gasteiger partial charge is 0.394 e. The van der Waals surface area contributed by atoms with Crippen molar-refractivity contribution >= 4 is 0 Å². The fraction of sp³-hybridized carbons (Fsp3) is 0.500. The van der Waals surface area contributed by atoms with E-state index in [9.17, 15) is 28.5 Å². The molecule has 0 spiro atoms. The van der Waals surface area contributed by atoms with E-state index in [2.05, 4.69) is 0 Å². The first-order valence-electron chi connectivity index (χ1n) is 5.41. The van der Waals surface area contributed by atoms with Gasteiger partial charge < -0.3 is 15.3 Å². The normalized spacial score (nSPS) is 19.1. The molecule has 0 aliphatic heterocycles. The second-order valence-electron chi connectivity index (χ2n) is 4.17.